The van der Waals surface area contributed by atoms with Crippen molar-refractivity contribution < 1.29 is 9.28 Å². The van der Waals surface area contributed by atoms with Crippen LogP contribution in [0.1, 0.15) is 245 Å². The van der Waals surface area contributed by atoms with Crippen LogP contribution in [0.5, 0.6) is 0 Å². The molecule has 3 heteroatoms. The number of hydrogen-bond acceptors (Lipinski definition) is 2. The molecular formula is C43H83N2O+. The van der Waals surface area contributed by atoms with E-state index in [2.05, 4.69) is 27.0 Å². The number of amidine groups is 1. The number of quaternary nitrogens is 1. The molecule has 3 nitrogen and oxygen atoms in total. The van der Waals surface area contributed by atoms with E-state index in [9.17, 15) is 4.79 Å². The van der Waals surface area contributed by atoms with Crippen molar-refractivity contribution in [3.63, 3.8) is 0 Å². The number of amides is 1. The van der Waals surface area contributed by atoms with Gasteiger partial charge in [-0.15, -0.1) is 0 Å². The molecule has 0 aromatic carbocycles. The molecule has 0 N–H and O–H groups in total. The Morgan fingerprint density at radius 3 is 1.17 bits per heavy atom. The summed E-state index contributed by atoms with van der Waals surface area (Å²) < 4.78 is 0.451. The fraction of sp³-hybridized carbons (Fsp3) is 0.907. The normalized spacial score (nSPS) is 16.0. The Hall–Kier alpha value is -0.960. The zero-order valence-corrected chi connectivity index (χ0v) is 31.9. The van der Waals surface area contributed by atoms with Crippen LogP contribution >= 0.6 is 0 Å². The lowest BCUT2D eigenvalue weighted by molar-refractivity contribution is -0.708. The number of hydrogen-bond donors (Lipinski definition) is 0. The maximum atomic E-state index is 13.9. The third-order valence-electron chi connectivity index (χ3n) is 10.6. The van der Waals surface area contributed by atoms with Gasteiger partial charge in [-0.2, -0.15) is 4.48 Å². The van der Waals surface area contributed by atoms with Crippen molar-refractivity contribution in [3.8, 4) is 0 Å². The minimum Gasteiger partial charge on any atom is -0.230 e. The van der Waals surface area contributed by atoms with Gasteiger partial charge in [0.15, 0.2) is 0 Å². The van der Waals surface area contributed by atoms with Crippen LogP contribution in [0.2, 0.25) is 0 Å². The minimum atomic E-state index is 0.413. The van der Waals surface area contributed by atoms with Crippen LogP contribution in [0.3, 0.4) is 0 Å². The summed E-state index contributed by atoms with van der Waals surface area (Å²) in [6.45, 7) is 7.81. The second kappa shape index (κ2) is 32.6. The predicted octanol–water partition coefficient (Wildman–Crippen LogP) is 14.9. The van der Waals surface area contributed by atoms with Gasteiger partial charge < -0.3 is 0 Å². The van der Waals surface area contributed by atoms with Crippen LogP contribution in [0.25, 0.3) is 0 Å². The molecule has 46 heavy (non-hydrogen) atoms. The molecule has 270 valence electrons. The molecule has 0 aliphatic carbocycles. The van der Waals surface area contributed by atoms with Crippen LogP contribution in [-0.4, -0.2) is 22.8 Å². The van der Waals surface area contributed by atoms with Gasteiger partial charge in [-0.1, -0.05) is 207 Å². The second-order valence-corrected chi connectivity index (χ2v) is 14.9. The average molecular weight is 644 g/mol. The van der Waals surface area contributed by atoms with Crippen LogP contribution in [0, 0.1) is 0 Å². The molecule has 0 saturated heterocycles. The molecule has 1 aliphatic rings. The molecule has 0 spiro atoms. The van der Waals surface area contributed by atoms with E-state index in [-0.39, 0.29) is 0 Å². The first-order valence-corrected chi connectivity index (χ1v) is 21.4. The lowest BCUT2D eigenvalue weighted by Crippen LogP contribution is -2.52. The summed E-state index contributed by atoms with van der Waals surface area (Å²) in [5.74, 6) is 1.56. The number of aliphatic imine (C=N–C) groups is 1. The molecule has 0 bridgehead atoms. The van der Waals surface area contributed by atoms with E-state index in [1.54, 1.807) is 0 Å². The second-order valence-electron chi connectivity index (χ2n) is 14.9. The number of carbonyl (C=O) groups excluding carboxylic acids is 1. The van der Waals surface area contributed by atoms with Crippen LogP contribution in [-0.2, 0) is 4.79 Å². The number of rotatable bonds is 36. The lowest BCUT2D eigenvalue weighted by atomic mass is 10.0. The first-order valence-electron chi connectivity index (χ1n) is 21.4. The van der Waals surface area contributed by atoms with Crippen LogP contribution < -0.4 is 0 Å². The quantitative estimate of drug-likeness (QED) is 0.0493. The minimum absolute atomic E-state index is 0.413. The van der Waals surface area contributed by atoms with Gasteiger partial charge in [0, 0.05) is 6.42 Å². The Morgan fingerprint density at radius 1 is 0.457 bits per heavy atom. The van der Waals surface area contributed by atoms with Gasteiger partial charge in [0.2, 0.25) is 5.84 Å². The van der Waals surface area contributed by atoms with Crippen molar-refractivity contribution >= 4 is 11.7 Å². The van der Waals surface area contributed by atoms with Crippen molar-refractivity contribution in [1.29, 1.82) is 0 Å². The molecule has 0 aromatic heterocycles. The maximum absolute atomic E-state index is 13.9. The third kappa shape index (κ3) is 22.6. The van der Waals surface area contributed by atoms with Gasteiger partial charge >= 0.3 is 5.91 Å². The topological polar surface area (TPSA) is 29.4 Å². The highest BCUT2D eigenvalue weighted by Crippen LogP contribution is 2.26. The summed E-state index contributed by atoms with van der Waals surface area (Å²) in [6, 6.07) is 0. The molecule has 1 unspecified atom stereocenters. The van der Waals surface area contributed by atoms with Crippen molar-refractivity contribution in [2.45, 2.75) is 245 Å². The number of unbranched alkanes of at least 4 members (excludes halogenated alkanes) is 30. The average Bonchev–Trinajstić information content (AvgIpc) is 3.48. The molecule has 1 aliphatic heterocycles. The molecule has 1 heterocycles. The molecule has 0 fully saturated rings. The molecular weight excluding hydrogens is 560 g/mol. The zero-order chi connectivity index (χ0) is 33.2. The molecule has 1 amide bonds. The van der Waals surface area contributed by atoms with Gasteiger partial charge in [-0.25, -0.2) is 9.79 Å². The van der Waals surface area contributed by atoms with Gasteiger partial charge in [0.1, 0.15) is 6.20 Å². The summed E-state index contributed by atoms with van der Waals surface area (Å²) >= 11 is 0. The lowest BCUT2D eigenvalue weighted by Gasteiger charge is -2.30. The smallest absolute Gasteiger partial charge is 0.230 e. The SMILES string of the molecule is CCCCCCCCCCCCCCCC[N+]1(C(=O)CCCCCCCCCC)C=CN=C1CCCCCCCCCCCCC. The van der Waals surface area contributed by atoms with Crippen molar-refractivity contribution in [3.05, 3.63) is 12.4 Å². The van der Waals surface area contributed by atoms with E-state index < -0.39 is 0 Å². The summed E-state index contributed by atoms with van der Waals surface area (Å²) in [4.78, 5) is 18.7. The Bertz CT molecular complexity index is 728. The molecule has 1 rings (SSSR count). The fourth-order valence-corrected chi connectivity index (χ4v) is 7.35. The van der Waals surface area contributed by atoms with E-state index in [1.807, 2.05) is 6.20 Å². The first-order chi connectivity index (χ1) is 22.7. The first kappa shape index (κ1) is 43.1. The summed E-state index contributed by atoms with van der Waals surface area (Å²) in [5.41, 5.74) is 0. The maximum Gasteiger partial charge on any atom is 0.324 e. The number of carbonyl (C=O) groups is 1. The van der Waals surface area contributed by atoms with Gasteiger partial charge in [-0.05, 0) is 25.7 Å². The van der Waals surface area contributed by atoms with Crippen LogP contribution in [0.15, 0.2) is 17.4 Å². The number of nitrogens with zero attached hydrogens (tertiary/aromatic N) is 2. The highest BCUT2D eigenvalue weighted by atomic mass is 16.2. The summed E-state index contributed by atoms with van der Waals surface area (Å²) in [7, 11) is 0. The van der Waals surface area contributed by atoms with Crippen molar-refractivity contribution in [2.24, 2.45) is 4.99 Å². The van der Waals surface area contributed by atoms with Gasteiger partial charge in [-0.3, -0.25) is 0 Å². The largest absolute Gasteiger partial charge is 0.324 e. The standard InChI is InChI=1S/C43H83N2O/c1-4-7-10-13-16-19-21-22-23-25-27-30-33-36-40-45(43(46)38-35-32-29-18-15-12-9-6-3)41-39-44-42(45)37-34-31-28-26-24-20-17-14-11-8-5-2/h39,41H,4-38,40H2,1-3H3/q+1. The monoisotopic (exact) mass is 644 g/mol. The van der Waals surface area contributed by atoms with Gasteiger partial charge in [0.25, 0.3) is 0 Å². The Morgan fingerprint density at radius 2 is 0.783 bits per heavy atom. The summed E-state index contributed by atoms with van der Waals surface area (Å²) in [6.07, 6.45) is 50.3. The van der Waals surface area contributed by atoms with Crippen LogP contribution in [0.4, 0.5) is 0 Å². The Kier molecular flexibility index (Phi) is 30.5. The zero-order valence-electron chi connectivity index (χ0n) is 31.9. The highest BCUT2D eigenvalue weighted by molar-refractivity contribution is 5.90. The molecule has 0 radical (unpaired) electrons. The molecule has 1 atom stereocenters. The Balaban J connectivity index is 2.38. The fourth-order valence-electron chi connectivity index (χ4n) is 7.35. The van der Waals surface area contributed by atoms with Gasteiger partial charge in [0.05, 0.1) is 19.2 Å². The predicted molar refractivity (Wildman–Crippen MR) is 205 cm³/mol. The van der Waals surface area contributed by atoms with E-state index in [0.29, 0.717) is 10.4 Å². The Labute approximate surface area is 289 Å². The summed E-state index contributed by atoms with van der Waals surface area (Å²) in [5, 5.41) is 0. The van der Waals surface area contributed by atoms with E-state index in [1.165, 1.54) is 199 Å². The van der Waals surface area contributed by atoms with Crippen molar-refractivity contribution in [1.82, 2.24) is 0 Å². The third-order valence-corrected chi connectivity index (χ3v) is 10.6. The molecule has 0 aromatic rings. The van der Waals surface area contributed by atoms with Crippen molar-refractivity contribution in [2.75, 3.05) is 6.54 Å². The highest BCUT2D eigenvalue weighted by Gasteiger charge is 2.41. The molecule has 0 saturated carbocycles. The van der Waals surface area contributed by atoms with E-state index in [0.717, 1.165) is 38.1 Å². The van der Waals surface area contributed by atoms with E-state index in [4.69, 9.17) is 4.99 Å². The van der Waals surface area contributed by atoms with E-state index >= 15 is 0 Å².